The van der Waals surface area contributed by atoms with Crippen molar-refractivity contribution < 1.29 is 9.59 Å². The molecule has 3 unspecified atom stereocenters. The molecule has 2 N–H and O–H groups in total. The Morgan fingerprint density at radius 3 is 2.83 bits per heavy atom. The summed E-state index contributed by atoms with van der Waals surface area (Å²) in [5.41, 5.74) is 6.74. The zero-order chi connectivity index (χ0) is 17.5. The third kappa shape index (κ3) is 3.03. The molecular weight excluding hydrogens is 326 g/mol. The quantitative estimate of drug-likeness (QED) is 0.908. The normalized spacial score (nSPS) is 30.2. The second-order valence-electron chi connectivity index (χ2n) is 7.34. The molecule has 5 nitrogen and oxygen atoms in total. The van der Waals surface area contributed by atoms with Crippen LogP contribution in [0, 0.1) is 11.3 Å². The van der Waals surface area contributed by atoms with Crippen LogP contribution in [0.3, 0.4) is 0 Å². The van der Waals surface area contributed by atoms with Gasteiger partial charge in [0.2, 0.25) is 11.8 Å². The Morgan fingerprint density at radius 2 is 2.21 bits per heavy atom. The van der Waals surface area contributed by atoms with Gasteiger partial charge in [0.1, 0.15) is 0 Å². The first kappa shape index (κ1) is 17.2. The van der Waals surface area contributed by atoms with Gasteiger partial charge in [0.25, 0.3) is 0 Å². The smallest absolute Gasteiger partial charge is 0.228 e. The van der Waals surface area contributed by atoms with Crippen molar-refractivity contribution >= 4 is 23.4 Å². The molecule has 2 saturated heterocycles. The van der Waals surface area contributed by atoms with Gasteiger partial charge in [0.05, 0.1) is 12.0 Å². The van der Waals surface area contributed by atoms with Gasteiger partial charge in [-0.05, 0) is 36.1 Å². The highest BCUT2D eigenvalue weighted by Gasteiger charge is 2.46. The van der Waals surface area contributed by atoms with E-state index in [-0.39, 0.29) is 35.6 Å². The number of nitrogens with zero attached hydrogens (tertiary/aromatic N) is 2. The van der Waals surface area contributed by atoms with Crippen LogP contribution in [-0.2, 0) is 9.59 Å². The van der Waals surface area contributed by atoms with E-state index in [9.17, 15) is 9.59 Å². The van der Waals surface area contributed by atoms with Gasteiger partial charge < -0.3 is 15.5 Å². The molecule has 2 aliphatic rings. The van der Waals surface area contributed by atoms with E-state index in [1.165, 1.54) is 0 Å². The van der Waals surface area contributed by atoms with Crippen molar-refractivity contribution in [2.45, 2.75) is 25.8 Å². The Kier molecular flexibility index (Phi) is 4.58. The number of rotatable bonds is 3. The van der Waals surface area contributed by atoms with Crippen LogP contribution >= 0.6 is 11.6 Å². The van der Waals surface area contributed by atoms with E-state index in [2.05, 4.69) is 6.92 Å². The first-order valence-corrected chi connectivity index (χ1v) is 8.72. The lowest BCUT2D eigenvalue weighted by Crippen LogP contribution is -2.39. The Balaban J connectivity index is 1.85. The Hall–Kier alpha value is -1.59. The third-order valence-corrected chi connectivity index (χ3v) is 5.69. The van der Waals surface area contributed by atoms with Crippen LogP contribution in [0.15, 0.2) is 24.3 Å². The number of likely N-dealkylation sites (tertiary alicyclic amines) is 2. The minimum Gasteiger partial charge on any atom is -0.342 e. The Bertz CT molecular complexity index is 665. The topological polar surface area (TPSA) is 66.6 Å². The van der Waals surface area contributed by atoms with Crippen LogP contribution < -0.4 is 5.73 Å². The maximum Gasteiger partial charge on any atom is 0.228 e. The minimum absolute atomic E-state index is 0.000825. The van der Waals surface area contributed by atoms with Gasteiger partial charge in [0, 0.05) is 31.6 Å². The number of benzene rings is 1. The summed E-state index contributed by atoms with van der Waals surface area (Å²) in [4.78, 5) is 28.9. The van der Waals surface area contributed by atoms with Gasteiger partial charge in [-0.2, -0.15) is 0 Å². The number of nitrogens with two attached hydrogens (primary N) is 1. The standard InChI is InChI=1S/C18H24ClN3O2/c1-18(10-20)6-7-22(11-18)17(24)14-9-15(23)21(2)16(14)12-4-3-5-13(19)8-12/h3-5,8,14,16H,6-7,9-11,20H2,1-2H3. The van der Waals surface area contributed by atoms with E-state index in [1.807, 2.05) is 23.1 Å². The Labute approximate surface area is 147 Å². The molecule has 2 heterocycles. The van der Waals surface area contributed by atoms with Gasteiger partial charge in [-0.15, -0.1) is 0 Å². The molecule has 1 aromatic rings. The summed E-state index contributed by atoms with van der Waals surface area (Å²) in [5.74, 6) is -0.310. The number of hydrogen-bond acceptors (Lipinski definition) is 3. The van der Waals surface area contributed by atoms with Crippen molar-refractivity contribution in [1.29, 1.82) is 0 Å². The number of hydrogen-bond donors (Lipinski definition) is 1. The van der Waals surface area contributed by atoms with Crippen molar-refractivity contribution in [3.63, 3.8) is 0 Å². The summed E-state index contributed by atoms with van der Waals surface area (Å²) in [6.07, 6.45) is 1.16. The second-order valence-corrected chi connectivity index (χ2v) is 7.78. The van der Waals surface area contributed by atoms with Crippen LogP contribution in [0.1, 0.15) is 31.4 Å². The number of carbonyl (C=O) groups excluding carboxylic acids is 2. The summed E-state index contributed by atoms with van der Waals surface area (Å²) in [5, 5.41) is 0.614. The van der Waals surface area contributed by atoms with Crippen molar-refractivity contribution in [1.82, 2.24) is 9.80 Å². The maximum atomic E-state index is 13.1. The zero-order valence-electron chi connectivity index (χ0n) is 14.2. The molecule has 24 heavy (non-hydrogen) atoms. The molecule has 0 spiro atoms. The maximum absolute atomic E-state index is 13.1. The molecule has 6 heteroatoms. The zero-order valence-corrected chi connectivity index (χ0v) is 14.9. The highest BCUT2D eigenvalue weighted by atomic mass is 35.5. The van der Waals surface area contributed by atoms with Crippen molar-refractivity contribution in [2.24, 2.45) is 17.1 Å². The fourth-order valence-electron chi connectivity index (χ4n) is 3.85. The molecule has 3 atom stereocenters. The molecule has 130 valence electrons. The van der Waals surface area contributed by atoms with Crippen molar-refractivity contribution in [3.8, 4) is 0 Å². The van der Waals surface area contributed by atoms with E-state index in [0.29, 0.717) is 24.7 Å². The van der Waals surface area contributed by atoms with Crippen LogP contribution in [-0.4, -0.2) is 48.3 Å². The average molecular weight is 350 g/mol. The van der Waals surface area contributed by atoms with Gasteiger partial charge in [0.15, 0.2) is 0 Å². The van der Waals surface area contributed by atoms with Gasteiger partial charge >= 0.3 is 0 Å². The van der Waals surface area contributed by atoms with E-state index in [4.69, 9.17) is 17.3 Å². The fraction of sp³-hybridized carbons (Fsp3) is 0.556. The lowest BCUT2D eigenvalue weighted by molar-refractivity contribution is -0.135. The molecule has 2 aliphatic heterocycles. The van der Waals surface area contributed by atoms with E-state index >= 15 is 0 Å². The first-order valence-electron chi connectivity index (χ1n) is 8.35. The third-order valence-electron chi connectivity index (χ3n) is 5.46. The molecule has 1 aromatic carbocycles. The van der Waals surface area contributed by atoms with Crippen molar-refractivity contribution in [3.05, 3.63) is 34.9 Å². The number of carbonyl (C=O) groups is 2. The van der Waals surface area contributed by atoms with Gasteiger partial charge in [-0.25, -0.2) is 0 Å². The van der Waals surface area contributed by atoms with Crippen LogP contribution in [0.2, 0.25) is 5.02 Å². The monoisotopic (exact) mass is 349 g/mol. The highest BCUT2D eigenvalue weighted by molar-refractivity contribution is 6.30. The summed E-state index contributed by atoms with van der Waals surface area (Å²) >= 11 is 6.11. The lowest BCUT2D eigenvalue weighted by Gasteiger charge is -2.29. The summed E-state index contributed by atoms with van der Waals surface area (Å²) in [6.45, 7) is 4.06. The first-order chi connectivity index (χ1) is 11.3. The minimum atomic E-state index is -0.360. The fourth-order valence-corrected chi connectivity index (χ4v) is 4.05. The number of halogens is 1. The van der Waals surface area contributed by atoms with E-state index < -0.39 is 0 Å². The summed E-state index contributed by atoms with van der Waals surface area (Å²) < 4.78 is 0. The lowest BCUT2D eigenvalue weighted by atomic mass is 9.90. The van der Waals surface area contributed by atoms with Crippen LogP contribution in [0.5, 0.6) is 0 Å². The van der Waals surface area contributed by atoms with E-state index in [1.54, 1.807) is 18.0 Å². The van der Waals surface area contributed by atoms with Crippen LogP contribution in [0.25, 0.3) is 0 Å². The molecule has 0 bridgehead atoms. The summed E-state index contributed by atoms with van der Waals surface area (Å²) in [6, 6.07) is 7.17. The summed E-state index contributed by atoms with van der Waals surface area (Å²) in [7, 11) is 1.76. The van der Waals surface area contributed by atoms with Crippen LogP contribution in [0.4, 0.5) is 0 Å². The van der Waals surface area contributed by atoms with Gasteiger partial charge in [-0.1, -0.05) is 30.7 Å². The molecule has 0 saturated carbocycles. The highest BCUT2D eigenvalue weighted by Crippen LogP contribution is 2.40. The predicted octanol–water partition coefficient (Wildman–Crippen LogP) is 2.06. The predicted molar refractivity (Wildman–Crippen MR) is 93.4 cm³/mol. The number of amides is 2. The molecule has 2 fully saturated rings. The van der Waals surface area contributed by atoms with E-state index in [0.717, 1.165) is 12.0 Å². The molecule has 0 aliphatic carbocycles. The molecule has 0 aromatic heterocycles. The largest absolute Gasteiger partial charge is 0.342 e. The second kappa shape index (κ2) is 6.37. The molecule has 0 radical (unpaired) electrons. The molecule has 2 amide bonds. The Morgan fingerprint density at radius 1 is 1.46 bits per heavy atom. The van der Waals surface area contributed by atoms with Crippen molar-refractivity contribution in [2.75, 3.05) is 26.7 Å². The molecule has 3 rings (SSSR count). The SMILES string of the molecule is CN1C(=O)CC(C(=O)N2CCC(C)(CN)C2)C1c1cccc(Cl)c1. The molecular formula is C18H24ClN3O2. The average Bonchev–Trinajstić information content (AvgIpc) is 3.09. The van der Waals surface area contributed by atoms with Gasteiger partial charge in [-0.3, -0.25) is 9.59 Å².